The minimum absolute atomic E-state index is 0.00389. The van der Waals surface area contributed by atoms with Gasteiger partial charge in [0, 0.05) is 23.9 Å². The Morgan fingerprint density at radius 1 is 0.970 bits per heavy atom. The van der Waals surface area contributed by atoms with Crippen LogP contribution in [0.4, 0.5) is 0 Å². The maximum Gasteiger partial charge on any atom is 0.220 e. The molecule has 6 heteroatoms. The first-order chi connectivity index (χ1) is 15.9. The Hall–Kier alpha value is -3.67. The van der Waals surface area contributed by atoms with Crippen LogP contribution >= 0.6 is 0 Å². The molecule has 0 unspecified atom stereocenters. The second-order valence-corrected chi connectivity index (χ2v) is 8.52. The van der Waals surface area contributed by atoms with Crippen molar-refractivity contribution < 1.29 is 9.53 Å². The van der Waals surface area contributed by atoms with Crippen molar-refractivity contribution in [3.63, 3.8) is 0 Å². The highest BCUT2D eigenvalue weighted by molar-refractivity contribution is 5.86. The second-order valence-electron chi connectivity index (χ2n) is 8.52. The standard InChI is InChI=1S/C27H30N4O2/c1-17-6-10-21(11-7-17)16-28-24(32)15-14-23-19(3)25-20(4)30-31(26(25)29-27(23)33-5)22-12-8-18(2)9-13-22/h6-13H,14-16H2,1-5H3,(H,28,32). The number of aromatic nitrogens is 3. The number of pyridine rings is 1. The van der Waals surface area contributed by atoms with Crippen molar-refractivity contribution in [3.8, 4) is 11.6 Å². The molecule has 2 aromatic heterocycles. The quantitative estimate of drug-likeness (QED) is 0.441. The molecular formula is C27H30N4O2. The van der Waals surface area contributed by atoms with Crippen LogP contribution < -0.4 is 10.1 Å². The van der Waals surface area contributed by atoms with Crippen molar-refractivity contribution in [1.82, 2.24) is 20.1 Å². The molecule has 6 nitrogen and oxygen atoms in total. The molecule has 0 spiro atoms. The monoisotopic (exact) mass is 442 g/mol. The van der Waals surface area contributed by atoms with E-state index in [0.29, 0.717) is 25.3 Å². The molecule has 33 heavy (non-hydrogen) atoms. The molecule has 1 N–H and O–H groups in total. The highest BCUT2D eigenvalue weighted by atomic mass is 16.5. The lowest BCUT2D eigenvalue weighted by atomic mass is 10.0. The van der Waals surface area contributed by atoms with Gasteiger partial charge in [0.1, 0.15) is 0 Å². The van der Waals surface area contributed by atoms with Gasteiger partial charge < -0.3 is 10.1 Å². The Morgan fingerprint density at radius 2 is 1.61 bits per heavy atom. The van der Waals surface area contributed by atoms with Crippen LogP contribution in [0.5, 0.6) is 5.88 Å². The fourth-order valence-corrected chi connectivity index (χ4v) is 4.10. The van der Waals surface area contributed by atoms with Crippen LogP contribution in [0.1, 0.15) is 39.9 Å². The summed E-state index contributed by atoms with van der Waals surface area (Å²) in [5.41, 5.74) is 8.11. The van der Waals surface area contributed by atoms with Crippen molar-refractivity contribution in [2.75, 3.05) is 7.11 Å². The van der Waals surface area contributed by atoms with Crippen LogP contribution in [-0.2, 0) is 17.8 Å². The van der Waals surface area contributed by atoms with E-state index in [2.05, 4.69) is 50.4 Å². The molecular weight excluding hydrogens is 412 g/mol. The first kappa shape index (κ1) is 22.5. The van der Waals surface area contributed by atoms with E-state index in [1.807, 2.05) is 35.9 Å². The summed E-state index contributed by atoms with van der Waals surface area (Å²) < 4.78 is 7.50. The highest BCUT2D eigenvalue weighted by Crippen LogP contribution is 2.31. The summed E-state index contributed by atoms with van der Waals surface area (Å²) in [6.07, 6.45) is 0.911. The first-order valence-corrected chi connectivity index (χ1v) is 11.2. The van der Waals surface area contributed by atoms with Crippen LogP contribution in [0.3, 0.4) is 0 Å². The zero-order valence-corrected chi connectivity index (χ0v) is 19.9. The van der Waals surface area contributed by atoms with Gasteiger partial charge in [-0.25, -0.2) is 4.68 Å². The smallest absolute Gasteiger partial charge is 0.220 e. The van der Waals surface area contributed by atoms with E-state index in [0.717, 1.165) is 39.1 Å². The van der Waals surface area contributed by atoms with Gasteiger partial charge in [0.15, 0.2) is 5.65 Å². The van der Waals surface area contributed by atoms with Gasteiger partial charge in [0.2, 0.25) is 11.8 Å². The Morgan fingerprint density at radius 3 is 2.24 bits per heavy atom. The third kappa shape index (κ3) is 4.75. The third-order valence-corrected chi connectivity index (χ3v) is 6.01. The normalized spacial score (nSPS) is 11.1. The number of methoxy groups -OCH3 is 1. The van der Waals surface area contributed by atoms with Gasteiger partial charge in [-0.3, -0.25) is 4.79 Å². The number of carbonyl (C=O) groups is 1. The fourth-order valence-electron chi connectivity index (χ4n) is 4.10. The van der Waals surface area contributed by atoms with Crippen molar-refractivity contribution in [1.29, 1.82) is 0 Å². The molecule has 4 rings (SSSR count). The molecule has 0 saturated carbocycles. The van der Waals surface area contributed by atoms with Gasteiger partial charge in [0.05, 0.1) is 18.5 Å². The number of benzene rings is 2. The number of rotatable bonds is 7. The molecule has 1 amide bonds. The number of nitrogens with one attached hydrogen (secondary N) is 1. The van der Waals surface area contributed by atoms with E-state index in [9.17, 15) is 4.79 Å². The lowest BCUT2D eigenvalue weighted by molar-refractivity contribution is -0.121. The van der Waals surface area contributed by atoms with Crippen molar-refractivity contribution in [2.45, 2.75) is 47.1 Å². The molecule has 0 aliphatic rings. The number of ether oxygens (including phenoxy) is 1. The molecule has 0 fully saturated rings. The molecule has 2 aromatic carbocycles. The SMILES string of the molecule is COc1nc2c(c(C)nn2-c2ccc(C)cc2)c(C)c1CCC(=O)NCc1ccc(C)cc1. The van der Waals surface area contributed by atoms with Gasteiger partial charge in [-0.15, -0.1) is 0 Å². The lowest BCUT2D eigenvalue weighted by Crippen LogP contribution is -2.23. The first-order valence-electron chi connectivity index (χ1n) is 11.2. The fraction of sp³-hybridized carbons (Fsp3) is 0.296. The largest absolute Gasteiger partial charge is 0.481 e. The number of hydrogen-bond donors (Lipinski definition) is 1. The summed E-state index contributed by atoms with van der Waals surface area (Å²) in [4.78, 5) is 17.3. The summed E-state index contributed by atoms with van der Waals surface area (Å²) in [6.45, 7) is 8.68. The summed E-state index contributed by atoms with van der Waals surface area (Å²) in [6, 6.07) is 16.4. The van der Waals surface area contributed by atoms with Crippen LogP contribution in [-0.4, -0.2) is 27.8 Å². The van der Waals surface area contributed by atoms with Crippen LogP contribution in [0.2, 0.25) is 0 Å². The number of amides is 1. The maximum absolute atomic E-state index is 12.5. The average molecular weight is 443 g/mol. The molecule has 0 bridgehead atoms. The van der Waals surface area contributed by atoms with Crippen LogP contribution in [0, 0.1) is 27.7 Å². The summed E-state index contributed by atoms with van der Waals surface area (Å²) in [5.74, 6) is 0.545. The molecule has 0 saturated heterocycles. The van der Waals surface area contributed by atoms with Gasteiger partial charge in [-0.1, -0.05) is 47.5 Å². The van der Waals surface area contributed by atoms with Crippen LogP contribution in [0.25, 0.3) is 16.7 Å². The highest BCUT2D eigenvalue weighted by Gasteiger charge is 2.20. The van der Waals surface area contributed by atoms with Crippen molar-refractivity contribution in [2.24, 2.45) is 0 Å². The molecule has 0 aliphatic heterocycles. The summed E-state index contributed by atoms with van der Waals surface area (Å²) >= 11 is 0. The topological polar surface area (TPSA) is 69.0 Å². The average Bonchev–Trinajstić information content (AvgIpc) is 3.14. The van der Waals surface area contributed by atoms with Gasteiger partial charge in [-0.2, -0.15) is 10.1 Å². The number of hydrogen-bond acceptors (Lipinski definition) is 4. The lowest BCUT2D eigenvalue weighted by Gasteiger charge is -2.13. The van der Waals surface area contributed by atoms with Crippen LogP contribution in [0.15, 0.2) is 48.5 Å². The number of fused-ring (bicyclic) bond motifs is 1. The zero-order chi connectivity index (χ0) is 23.5. The van der Waals surface area contributed by atoms with E-state index in [1.54, 1.807) is 7.11 Å². The van der Waals surface area contributed by atoms with Gasteiger partial charge in [0.25, 0.3) is 0 Å². The molecule has 0 radical (unpaired) electrons. The molecule has 2 heterocycles. The predicted octanol–water partition coefficient (Wildman–Crippen LogP) is 4.91. The summed E-state index contributed by atoms with van der Waals surface area (Å²) in [5, 5.41) is 8.76. The van der Waals surface area contributed by atoms with Crippen molar-refractivity contribution >= 4 is 16.9 Å². The molecule has 0 aliphatic carbocycles. The number of aryl methyl sites for hydroxylation is 4. The summed E-state index contributed by atoms with van der Waals surface area (Å²) in [7, 11) is 1.62. The number of carbonyl (C=O) groups excluding carboxylic acids is 1. The van der Waals surface area contributed by atoms with E-state index in [-0.39, 0.29) is 5.91 Å². The van der Waals surface area contributed by atoms with E-state index >= 15 is 0 Å². The Kier molecular flexibility index (Phi) is 6.45. The van der Waals surface area contributed by atoms with E-state index in [4.69, 9.17) is 14.8 Å². The van der Waals surface area contributed by atoms with Crippen molar-refractivity contribution in [3.05, 3.63) is 82.0 Å². The minimum Gasteiger partial charge on any atom is -0.481 e. The maximum atomic E-state index is 12.5. The minimum atomic E-state index is 0.00389. The number of nitrogens with zero attached hydrogens (tertiary/aromatic N) is 3. The Balaban J connectivity index is 1.57. The molecule has 170 valence electrons. The molecule has 0 atom stereocenters. The third-order valence-electron chi connectivity index (χ3n) is 6.01. The Bertz CT molecular complexity index is 1290. The zero-order valence-electron chi connectivity index (χ0n) is 19.9. The second kappa shape index (κ2) is 9.45. The predicted molar refractivity (Wildman–Crippen MR) is 131 cm³/mol. The van der Waals surface area contributed by atoms with Gasteiger partial charge >= 0.3 is 0 Å². The Labute approximate surface area is 194 Å². The molecule has 4 aromatic rings. The van der Waals surface area contributed by atoms with E-state index in [1.165, 1.54) is 11.1 Å². The van der Waals surface area contributed by atoms with E-state index < -0.39 is 0 Å². The van der Waals surface area contributed by atoms with Gasteiger partial charge in [-0.05, 0) is 57.4 Å².